The fourth-order valence-electron chi connectivity index (χ4n) is 3.22. The number of hydrogen-bond donors (Lipinski definition) is 3. The van der Waals surface area contributed by atoms with Crippen LogP contribution in [0.5, 0.6) is 11.5 Å². The molecule has 3 N–H and O–H groups in total. The van der Waals surface area contributed by atoms with Gasteiger partial charge in [0, 0.05) is 27.8 Å². The normalized spacial score (nSPS) is 13.8. The van der Waals surface area contributed by atoms with Crippen LogP contribution in [0.2, 0.25) is 20.1 Å². The molecule has 5 nitrogen and oxygen atoms in total. The van der Waals surface area contributed by atoms with E-state index in [9.17, 15) is 23.2 Å². The first kappa shape index (κ1) is 22.0. The second kappa shape index (κ2) is 7.87. The third-order valence-electron chi connectivity index (χ3n) is 4.42. The Balaban J connectivity index is 2.66. The van der Waals surface area contributed by atoms with Crippen molar-refractivity contribution >= 4 is 56.5 Å². The highest BCUT2D eigenvalue weighted by molar-refractivity contribution is 7.87. The quantitative estimate of drug-likeness (QED) is 0.311. The van der Waals surface area contributed by atoms with Crippen LogP contribution < -0.4 is 0 Å². The average Bonchev–Trinajstić information content (AvgIpc) is 2.63. The molecule has 3 aromatic rings. The zero-order chi connectivity index (χ0) is 21.6. The molecule has 3 aromatic carbocycles. The lowest BCUT2D eigenvalue weighted by Gasteiger charge is -2.34. The number of para-hydroxylation sites is 1. The van der Waals surface area contributed by atoms with Gasteiger partial charge in [0.2, 0.25) is 0 Å². The van der Waals surface area contributed by atoms with E-state index in [-0.39, 0.29) is 36.8 Å². The van der Waals surface area contributed by atoms with Crippen LogP contribution in [0.1, 0.15) is 16.7 Å². The van der Waals surface area contributed by atoms with Gasteiger partial charge in [-0.3, -0.25) is 4.55 Å². The van der Waals surface area contributed by atoms with Crippen molar-refractivity contribution in [3.05, 3.63) is 91.4 Å². The SMILES string of the molecule is O=S(=O)(O)C(c1cc(Cl)c(Cl)cc1O)(c1ccccc1Cl)c1cccc(Cl)c1O. The van der Waals surface area contributed by atoms with Gasteiger partial charge in [0.25, 0.3) is 10.1 Å². The Morgan fingerprint density at radius 2 is 1.24 bits per heavy atom. The van der Waals surface area contributed by atoms with Gasteiger partial charge in [0.15, 0.2) is 4.75 Å². The summed E-state index contributed by atoms with van der Waals surface area (Å²) < 4.78 is 33.9. The van der Waals surface area contributed by atoms with Gasteiger partial charge in [-0.25, -0.2) is 0 Å². The van der Waals surface area contributed by atoms with Crippen LogP contribution in [-0.4, -0.2) is 23.2 Å². The monoisotopic (exact) mass is 492 g/mol. The van der Waals surface area contributed by atoms with Gasteiger partial charge in [-0.2, -0.15) is 8.42 Å². The van der Waals surface area contributed by atoms with E-state index in [0.29, 0.717) is 0 Å². The van der Waals surface area contributed by atoms with Gasteiger partial charge in [-0.15, -0.1) is 0 Å². The minimum Gasteiger partial charge on any atom is -0.508 e. The molecular weight excluding hydrogens is 482 g/mol. The molecule has 152 valence electrons. The maximum atomic E-state index is 13.0. The maximum Gasteiger partial charge on any atom is 0.283 e. The Morgan fingerprint density at radius 1 is 0.690 bits per heavy atom. The van der Waals surface area contributed by atoms with E-state index in [2.05, 4.69) is 0 Å². The van der Waals surface area contributed by atoms with Crippen LogP contribution in [-0.2, 0) is 14.9 Å². The molecule has 0 fully saturated rings. The largest absolute Gasteiger partial charge is 0.508 e. The lowest BCUT2D eigenvalue weighted by Crippen LogP contribution is -2.38. The van der Waals surface area contributed by atoms with Crippen molar-refractivity contribution in [3.63, 3.8) is 0 Å². The molecule has 0 aliphatic rings. The van der Waals surface area contributed by atoms with Crippen molar-refractivity contribution in [3.8, 4) is 11.5 Å². The van der Waals surface area contributed by atoms with Crippen molar-refractivity contribution < 1.29 is 23.2 Å². The minimum absolute atomic E-state index is 0.0494. The fraction of sp³-hybridized carbons (Fsp3) is 0.0526. The van der Waals surface area contributed by atoms with Gasteiger partial charge in [-0.05, 0) is 18.2 Å². The summed E-state index contributed by atoms with van der Waals surface area (Å²) in [5, 5.41) is 20.9. The third-order valence-corrected chi connectivity index (χ3v) is 7.21. The molecule has 10 heteroatoms. The molecule has 1 unspecified atom stereocenters. The molecule has 1 atom stereocenters. The summed E-state index contributed by atoms with van der Waals surface area (Å²) in [6.45, 7) is 0. The predicted molar refractivity (Wildman–Crippen MR) is 114 cm³/mol. The van der Waals surface area contributed by atoms with Crippen LogP contribution in [0.4, 0.5) is 0 Å². The number of phenols is 2. The Hall–Kier alpha value is -1.67. The molecule has 0 spiro atoms. The Kier molecular flexibility index (Phi) is 5.98. The number of phenolic OH excluding ortho intramolecular Hbond substituents is 2. The Bertz CT molecular complexity index is 1210. The fourth-order valence-corrected chi connectivity index (χ4v) is 5.39. The summed E-state index contributed by atoms with van der Waals surface area (Å²) in [7, 11) is -5.16. The minimum atomic E-state index is -5.16. The van der Waals surface area contributed by atoms with E-state index in [4.69, 9.17) is 46.4 Å². The molecule has 0 radical (unpaired) electrons. The summed E-state index contributed by atoms with van der Waals surface area (Å²) in [4.78, 5) is 0. The molecule has 0 saturated heterocycles. The van der Waals surface area contributed by atoms with Gasteiger partial charge in [0.1, 0.15) is 11.5 Å². The predicted octanol–water partition coefficient (Wildman–Crippen LogP) is 5.89. The molecular formula is C19H12Cl4O5S. The highest BCUT2D eigenvalue weighted by atomic mass is 35.5. The molecule has 0 bridgehead atoms. The highest BCUT2D eigenvalue weighted by Crippen LogP contribution is 2.53. The highest BCUT2D eigenvalue weighted by Gasteiger charge is 2.53. The van der Waals surface area contributed by atoms with Crippen molar-refractivity contribution in [2.45, 2.75) is 4.75 Å². The summed E-state index contributed by atoms with van der Waals surface area (Å²) in [6.07, 6.45) is 0. The van der Waals surface area contributed by atoms with Crippen molar-refractivity contribution in [1.82, 2.24) is 0 Å². The number of hydrogen-bond acceptors (Lipinski definition) is 4. The number of aromatic hydroxyl groups is 2. The summed E-state index contributed by atoms with van der Waals surface area (Å²) in [6, 6.07) is 11.8. The molecule has 29 heavy (non-hydrogen) atoms. The van der Waals surface area contributed by atoms with Gasteiger partial charge in [-0.1, -0.05) is 76.7 Å². The van der Waals surface area contributed by atoms with E-state index in [1.54, 1.807) is 6.07 Å². The number of benzene rings is 3. The average molecular weight is 494 g/mol. The van der Waals surface area contributed by atoms with Crippen molar-refractivity contribution in [1.29, 1.82) is 0 Å². The van der Waals surface area contributed by atoms with E-state index < -0.39 is 26.4 Å². The topological polar surface area (TPSA) is 94.8 Å². The van der Waals surface area contributed by atoms with Crippen LogP contribution in [0, 0.1) is 0 Å². The lowest BCUT2D eigenvalue weighted by molar-refractivity contribution is 0.428. The zero-order valence-corrected chi connectivity index (χ0v) is 18.1. The molecule has 0 saturated carbocycles. The first-order chi connectivity index (χ1) is 13.5. The molecule has 0 aliphatic heterocycles. The smallest absolute Gasteiger partial charge is 0.283 e. The molecule has 0 aliphatic carbocycles. The summed E-state index contributed by atoms with van der Waals surface area (Å²) in [5.41, 5.74) is -0.857. The van der Waals surface area contributed by atoms with Gasteiger partial charge in [0.05, 0.1) is 15.1 Å². The van der Waals surface area contributed by atoms with Crippen LogP contribution >= 0.6 is 46.4 Å². The van der Waals surface area contributed by atoms with Crippen molar-refractivity contribution in [2.75, 3.05) is 0 Å². The second-order valence-electron chi connectivity index (χ2n) is 6.06. The van der Waals surface area contributed by atoms with Gasteiger partial charge < -0.3 is 10.2 Å². The number of halogens is 4. The molecule has 0 heterocycles. The standard InChI is InChI=1S/C19H12Cl4O5S/c20-13-6-2-1-4-10(13)19(29(26,27)28,11-5-3-7-14(21)18(11)25)12-8-15(22)16(23)9-17(12)24/h1-9,24-25H,(H,26,27,28). The van der Waals surface area contributed by atoms with E-state index in [0.717, 1.165) is 12.1 Å². The van der Waals surface area contributed by atoms with Crippen LogP contribution in [0.15, 0.2) is 54.6 Å². The van der Waals surface area contributed by atoms with Crippen molar-refractivity contribution in [2.24, 2.45) is 0 Å². The summed E-state index contributed by atoms with van der Waals surface area (Å²) in [5.74, 6) is -1.23. The number of rotatable bonds is 4. The summed E-state index contributed by atoms with van der Waals surface area (Å²) >= 11 is 24.3. The maximum absolute atomic E-state index is 13.0. The first-order valence-electron chi connectivity index (χ1n) is 7.90. The Labute approximate surface area is 186 Å². The molecule has 0 aromatic heterocycles. The van der Waals surface area contributed by atoms with E-state index >= 15 is 0 Å². The van der Waals surface area contributed by atoms with Crippen LogP contribution in [0.25, 0.3) is 0 Å². The zero-order valence-electron chi connectivity index (χ0n) is 14.3. The van der Waals surface area contributed by atoms with Crippen LogP contribution in [0.3, 0.4) is 0 Å². The van der Waals surface area contributed by atoms with Gasteiger partial charge >= 0.3 is 0 Å². The lowest BCUT2D eigenvalue weighted by atomic mass is 9.83. The molecule has 0 amide bonds. The first-order valence-corrected chi connectivity index (χ1v) is 10.9. The molecule has 3 rings (SSSR count). The van der Waals surface area contributed by atoms with E-state index in [1.807, 2.05) is 0 Å². The third kappa shape index (κ3) is 3.54. The van der Waals surface area contributed by atoms with E-state index in [1.165, 1.54) is 36.4 Å². The second-order valence-corrected chi connectivity index (χ2v) is 9.25. The Morgan fingerprint density at radius 3 is 1.86 bits per heavy atom.